The molecule has 10 nitrogen and oxygen atoms in total. The lowest BCUT2D eigenvalue weighted by atomic mass is 9.61. The van der Waals surface area contributed by atoms with Crippen molar-refractivity contribution in [1.29, 1.82) is 0 Å². The smallest absolute Gasteiger partial charge is 0.359 e. The van der Waals surface area contributed by atoms with Gasteiger partial charge in [-0.1, -0.05) is 142 Å². The van der Waals surface area contributed by atoms with Crippen molar-refractivity contribution >= 4 is 23.8 Å². The number of carboxylic acid groups (broad SMARTS) is 2. The van der Waals surface area contributed by atoms with E-state index in [1.54, 1.807) is 0 Å². The van der Waals surface area contributed by atoms with E-state index in [0.29, 0.717) is 34.9 Å². The lowest BCUT2D eigenvalue weighted by Gasteiger charge is -2.44. The van der Waals surface area contributed by atoms with E-state index in [1.165, 1.54) is 141 Å². The molecule has 4 N–H and O–H groups in total. The molecule has 1 aliphatic carbocycles. The molecule has 0 aliphatic heterocycles. The quantitative estimate of drug-likeness (QED) is 0.0358. The summed E-state index contributed by atoms with van der Waals surface area (Å²) in [6.45, 7) is 7.55. The van der Waals surface area contributed by atoms with E-state index in [1.807, 2.05) is 28.2 Å². The van der Waals surface area contributed by atoms with Crippen LogP contribution < -0.4 is 10.6 Å². The fraction of sp³-hybridized carbons (Fsp3) is 0.920. The highest BCUT2D eigenvalue weighted by Crippen LogP contribution is 2.47. The summed E-state index contributed by atoms with van der Waals surface area (Å²) in [6, 6.07) is 0. The van der Waals surface area contributed by atoms with Gasteiger partial charge in [0.1, 0.15) is 0 Å². The van der Waals surface area contributed by atoms with Crippen LogP contribution in [0.4, 0.5) is 0 Å². The number of unbranched alkanes of at least 4 members (excludes halogenated alkanes) is 16. The number of carbonyl (C=O) groups is 4. The first-order chi connectivity index (χ1) is 28.7. The number of likely N-dealkylation sites (N-methyl/N-ethyl adjacent to an activating group) is 2. The molecule has 0 aromatic heterocycles. The van der Waals surface area contributed by atoms with Crippen molar-refractivity contribution < 1.29 is 38.4 Å². The molecule has 1 aliphatic rings. The SMILES string of the molecule is CCCCCCC1CCC(CCCCCCCC(=O)NCCC[N+](C)(C)CC(=O)O)C(CCCCCCCCCC(=O)NCCC[N+](C)(C)CC(=O)O)C1CCCCCC. The molecule has 0 aromatic carbocycles. The maximum atomic E-state index is 12.4. The number of amides is 2. The second-order valence-corrected chi connectivity index (χ2v) is 20.3. The van der Waals surface area contributed by atoms with Gasteiger partial charge in [0.2, 0.25) is 11.8 Å². The molecular weight excluding hydrogens is 753 g/mol. The van der Waals surface area contributed by atoms with Crippen molar-refractivity contribution in [2.75, 3.05) is 67.5 Å². The van der Waals surface area contributed by atoms with Crippen molar-refractivity contribution in [3.05, 3.63) is 0 Å². The largest absolute Gasteiger partial charge is 0.477 e. The van der Waals surface area contributed by atoms with Gasteiger partial charge in [-0.05, 0) is 62.2 Å². The summed E-state index contributed by atoms with van der Waals surface area (Å²) in [5, 5.41) is 24.2. The average molecular weight is 851 g/mol. The molecule has 1 saturated carbocycles. The Hall–Kier alpha value is -2.20. The molecule has 0 radical (unpaired) electrons. The third-order valence-corrected chi connectivity index (χ3v) is 13.6. The molecule has 0 bridgehead atoms. The van der Waals surface area contributed by atoms with Gasteiger partial charge in [0.05, 0.1) is 41.3 Å². The highest BCUT2D eigenvalue weighted by Gasteiger charge is 2.37. The third kappa shape index (κ3) is 29.9. The standard InChI is InChI=1S/C50H96N4O6/c1-7-9-11-21-29-43-35-36-44(30-22-17-16-20-26-34-48(56)52-38-28-40-54(5,6)42-50(59)60)46(45(43)31-23-12-10-8-2)32-24-18-14-13-15-19-25-33-47(55)51-37-27-39-53(3,4)41-49(57)58/h43-46H,7-42H2,1-6H3,(H2-2,51,52,55,56,57,58,59,60)/p+2. The number of quaternary nitrogens is 2. The predicted octanol–water partition coefficient (Wildman–Crippen LogP) is 10.8. The van der Waals surface area contributed by atoms with Crippen molar-refractivity contribution in [2.45, 2.75) is 206 Å². The fourth-order valence-corrected chi connectivity index (χ4v) is 10.1. The molecule has 60 heavy (non-hydrogen) atoms. The number of aliphatic carboxylic acids is 2. The van der Waals surface area contributed by atoms with E-state index in [2.05, 4.69) is 24.5 Å². The van der Waals surface area contributed by atoms with Gasteiger partial charge in [-0.25, -0.2) is 9.59 Å². The first-order valence-electron chi connectivity index (χ1n) is 25.3. The summed E-state index contributed by atoms with van der Waals surface area (Å²) < 4.78 is 0.860. The molecule has 1 rings (SSSR count). The molecule has 352 valence electrons. The highest BCUT2D eigenvalue weighted by molar-refractivity contribution is 5.76. The first-order valence-corrected chi connectivity index (χ1v) is 25.3. The van der Waals surface area contributed by atoms with Crippen molar-refractivity contribution in [3.8, 4) is 0 Å². The molecule has 0 spiro atoms. The molecule has 1 fully saturated rings. The maximum Gasteiger partial charge on any atom is 0.359 e. The number of nitrogens with zero attached hydrogens (tertiary/aromatic N) is 2. The van der Waals surface area contributed by atoms with Crippen LogP contribution in [0, 0.1) is 23.7 Å². The Morgan fingerprint density at radius 2 is 0.767 bits per heavy atom. The highest BCUT2D eigenvalue weighted by atomic mass is 16.4. The Bertz CT molecular complexity index is 1130. The van der Waals surface area contributed by atoms with Crippen LogP contribution >= 0.6 is 0 Å². The number of hydrogen-bond donors (Lipinski definition) is 4. The predicted molar refractivity (Wildman–Crippen MR) is 249 cm³/mol. The van der Waals surface area contributed by atoms with Gasteiger partial charge in [0.15, 0.2) is 13.1 Å². The molecule has 4 atom stereocenters. The van der Waals surface area contributed by atoms with Gasteiger partial charge in [-0.3, -0.25) is 9.59 Å². The molecule has 0 aromatic rings. The average Bonchev–Trinajstić information content (AvgIpc) is 3.17. The summed E-state index contributed by atoms with van der Waals surface area (Å²) in [6.07, 6.45) is 36.7. The summed E-state index contributed by atoms with van der Waals surface area (Å²) >= 11 is 0. The second kappa shape index (κ2) is 34.3. The minimum absolute atomic E-state index is 0.100. The van der Waals surface area contributed by atoms with Crippen molar-refractivity contribution in [2.24, 2.45) is 23.7 Å². The first kappa shape index (κ1) is 55.8. The lowest BCUT2D eigenvalue weighted by molar-refractivity contribution is -0.883. The molecular formula is C50H98N4O6+2. The number of rotatable bonds is 40. The van der Waals surface area contributed by atoms with Crippen LogP contribution in [0.15, 0.2) is 0 Å². The van der Waals surface area contributed by atoms with Gasteiger partial charge in [0, 0.05) is 38.8 Å². The van der Waals surface area contributed by atoms with Gasteiger partial charge in [-0.15, -0.1) is 0 Å². The molecule has 0 saturated heterocycles. The molecule has 4 unspecified atom stereocenters. The Labute approximate surface area is 369 Å². The van der Waals surface area contributed by atoms with Gasteiger partial charge in [-0.2, -0.15) is 0 Å². The third-order valence-electron chi connectivity index (χ3n) is 13.6. The Balaban J connectivity index is 2.51. The van der Waals surface area contributed by atoms with E-state index in [9.17, 15) is 19.2 Å². The number of carbonyl (C=O) groups excluding carboxylic acids is 2. The van der Waals surface area contributed by atoms with Gasteiger partial charge in [0.25, 0.3) is 0 Å². The fourth-order valence-electron chi connectivity index (χ4n) is 10.1. The van der Waals surface area contributed by atoms with E-state index in [-0.39, 0.29) is 24.9 Å². The minimum atomic E-state index is -0.789. The summed E-state index contributed by atoms with van der Waals surface area (Å²) in [5.74, 6) is 2.26. The monoisotopic (exact) mass is 851 g/mol. The van der Waals surface area contributed by atoms with Crippen molar-refractivity contribution in [1.82, 2.24) is 10.6 Å². The van der Waals surface area contributed by atoms with Crippen LogP contribution in [-0.4, -0.2) is 110 Å². The van der Waals surface area contributed by atoms with E-state index >= 15 is 0 Å². The minimum Gasteiger partial charge on any atom is -0.477 e. The summed E-state index contributed by atoms with van der Waals surface area (Å²) in [5.41, 5.74) is 0. The maximum absolute atomic E-state index is 12.4. The molecule has 0 heterocycles. The van der Waals surface area contributed by atoms with Gasteiger partial charge < -0.3 is 29.8 Å². The van der Waals surface area contributed by atoms with Crippen LogP contribution in [0.5, 0.6) is 0 Å². The van der Waals surface area contributed by atoms with Crippen LogP contribution in [-0.2, 0) is 19.2 Å². The van der Waals surface area contributed by atoms with Crippen molar-refractivity contribution in [3.63, 3.8) is 0 Å². The lowest BCUT2D eigenvalue weighted by Crippen LogP contribution is -2.45. The van der Waals surface area contributed by atoms with E-state index in [4.69, 9.17) is 10.2 Å². The molecule has 10 heteroatoms. The van der Waals surface area contributed by atoms with Crippen LogP contribution in [0.2, 0.25) is 0 Å². The number of nitrogens with one attached hydrogen (secondary N) is 2. The Morgan fingerprint density at radius 3 is 1.12 bits per heavy atom. The van der Waals surface area contributed by atoms with E-state index < -0.39 is 11.9 Å². The summed E-state index contributed by atoms with van der Waals surface area (Å²) in [7, 11) is 7.67. The van der Waals surface area contributed by atoms with Crippen LogP contribution in [0.25, 0.3) is 0 Å². The number of carboxylic acids is 2. The zero-order chi connectivity index (χ0) is 44.5. The van der Waals surface area contributed by atoms with E-state index in [0.717, 1.165) is 75.3 Å². The Morgan fingerprint density at radius 1 is 0.450 bits per heavy atom. The zero-order valence-electron chi connectivity index (χ0n) is 40.2. The second-order valence-electron chi connectivity index (χ2n) is 20.3. The number of hydrogen-bond acceptors (Lipinski definition) is 4. The molecule has 2 amide bonds. The zero-order valence-corrected chi connectivity index (χ0v) is 40.2. The topological polar surface area (TPSA) is 133 Å². The van der Waals surface area contributed by atoms with Gasteiger partial charge >= 0.3 is 11.9 Å². The Kier molecular flexibility index (Phi) is 31.9. The normalized spacial score (nSPS) is 18.4. The summed E-state index contributed by atoms with van der Waals surface area (Å²) in [4.78, 5) is 46.8. The van der Waals surface area contributed by atoms with Crippen LogP contribution in [0.3, 0.4) is 0 Å². The van der Waals surface area contributed by atoms with Crippen LogP contribution in [0.1, 0.15) is 206 Å².